The third-order valence-corrected chi connectivity index (χ3v) is 4.54. The van der Waals surface area contributed by atoms with Crippen molar-refractivity contribution in [1.29, 1.82) is 0 Å². The molecular formula is C21H23NO2. The molecule has 24 heavy (non-hydrogen) atoms. The minimum atomic E-state index is -0.889. The van der Waals surface area contributed by atoms with E-state index in [0.717, 1.165) is 36.3 Å². The summed E-state index contributed by atoms with van der Waals surface area (Å²) in [5, 5.41) is 9.27. The number of carbonyl (C=O) groups is 1. The van der Waals surface area contributed by atoms with Crippen LogP contribution in [0.3, 0.4) is 0 Å². The standard InChI is InChI=1S/C21H23NO2/c1-16-7-9-17(10-8-16)20(11-14-22-12-2-3-13-22)18-5-4-6-19(15-18)21(23)24/h4-11,15H,2-3,12-14H2,1H3,(H,23,24). The van der Waals surface area contributed by atoms with E-state index in [1.54, 1.807) is 12.1 Å². The first kappa shape index (κ1) is 16.5. The molecule has 1 aliphatic heterocycles. The number of nitrogens with zero attached hydrogens (tertiary/aromatic N) is 1. The lowest BCUT2D eigenvalue weighted by atomic mass is 9.95. The molecule has 2 aromatic carbocycles. The summed E-state index contributed by atoms with van der Waals surface area (Å²) in [6.07, 6.45) is 4.77. The van der Waals surface area contributed by atoms with Gasteiger partial charge in [-0.25, -0.2) is 4.79 Å². The monoisotopic (exact) mass is 321 g/mol. The summed E-state index contributed by atoms with van der Waals surface area (Å²) in [5.74, 6) is -0.889. The van der Waals surface area contributed by atoms with Crippen LogP contribution in [-0.4, -0.2) is 35.6 Å². The number of likely N-dealkylation sites (tertiary alicyclic amines) is 1. The molecule has 0 aromatic heterocycles. The van der Waals surface area contributed by atoms with E-state index in [1.807, 2.05) is 12.1 Å². The molecule has 0 atom stereocenters. The van der Waals surface area contributed by atoms with Crippen LogP contribution in [-0.2, 0) is 0 Å². The maximum absolute atomic E-state index is 11.3. The molecule has 0 radical (unpaired) electrons. The molecule has 0 aliphatic carbocycles. The van der Waals surface area contributed by atoms with E-state index in [-0.39, 0.29) is 0 Å². The maximum Gasteiger partial charge on any atom is 0.335 e. The van der Waals surface area contributed by atoms with Gasteiger partial charge in [0.2, 0.25) is 0 Å². The minimum absolute atomic E-state index is 0.326. The third-order valence-electron chi connectivity index (χ3n) is 4.54. The topological polar surface area (TPSA) is 40.5 Å². The van der Waals surface area contributed by atoms with E-state index in [2.05, 4.69) is 42.2 Å². The molecule has 0 saturated carbocycles. The van der Waals surface area contributed by atoms with E-state index in [4.69, 9.17) is 0 Å². The van der Waals surface area contributed by atoms with Crippen LogP contribution < -0.4 is 0 Å². The number of hydrogen-bond acceptors (Lipinski definition) is 2. The fourth-order valence-electron chi connectivity index (χ4n) is 3.14. The second kappa shape index (κ2) is 7.45. The molecular weight excluding hydrogens is 298 g/mol. The summed E-state index contributed by atoms with van der Waals surface area (Å²) in [7, 11) is 0. The number of carboxylic acids is 1. The molecule has 0 bridgehead atoms. The maximum atomic E-state index is 11.3. The van der Waals surface area contributed by atoms with Gasteiger partial charge >= 0.3 is 5.97 Å². The highest BCUT2D eigenvalue weighted by atomic mass is 16.4. The molecule has 3 rings (SSSR count). The van der Waals surface area contributed by atoms with Crippen LogP contribution in [0.15, 0.2) is 54.6 Å². The van der Waals surface area contributed by atoms with Gasteiger partial charge in [0.05, 0.1) is 5.56 Å². The summed E-state index contributed by atoms with van der Waals surface area (Å²) in [4.78, 5) is 13.7. The SMILES string of the molecule is Cc1ccc(C(=CCN2CCCC2)c2cccc(C(=O)O)c2)cc1. The Balaban J connectivity index is 1.97. The zero-order valence-electron chi connectivity index (χ0n) is 14.0. The molecule has 0 unspecified atom stereocenters. The van der Waals surface area contributed by atoms with Crippen LogP contribution >= 0.6 is 0 Å². The van der Waals surface area contributed by atoms with Crippen molar-refractivity contribution in [3.63, 3.8) is 0 Å². The normalized spacial score (nSPS) is 15.6. The van der Waals surface area contributed by atoms with E-state index in [9.17, 15) is 9.90 Å². The van der Waals surface area contributed by atoms with E-state index in [0.29, 0.717) is 5.56 Å². The predicted molar refractivity (Wildman–Crippen MR) is 97.3 cm³/mol. The van der Waals surface area contributed by atoms with Gasteiger partial charge < -0.3 is 5.11 Å². The molecule has 1 heterocycles. The Kier molecular flexibility index (Phi) is 5.11. The average molecular weight is 321 g/mol. The van der Waals surface area contributed by atoms with Gasteiger partial charge in [-0.2, -0.15) is 0 Å². The van der Waals surface area contributed by atoms with Crippen molar-refractivity contribution < 1.29 is 9.90 Å². The molecule has 1 saturated heterocycles. The molecule has 124 valence electrons. The fraction of sp³-hybridized carbons (Fsp3) is 0.286. The van der Waals surface area contributed by atoms with Crippen molar-refractivity contribution in [2.24, 2.45) is 0 Å². The van der Waals surface area contributed by atoms with Crippen molar-refractivity contribution in [3.05, 3.63) is 76.9 Å². The smallest absolute Gasteiger partial charge is 0.335 e. The molecule has 3 heteroatoms. The van der Waals surface area contributed by atoms with Gasteiger partial charge in [0, 0.05) is 6.54 Å². The zero-order chi connectivity index (χ0) is 16.9. The highest BCUT2D eigenvalue weighted by Crippen LogP contribution is 2.25. The molecule has 0 spiro atoms. The van der Waals surface area contributed by atoms with Crippen molar-refractivity contribution in [2.45, 2.75) is 19.8 Å². The molecule has 2 aromatic rings. The lowest BCUT2D eigenvalue weighted by Gasteiger charge is -2.15. The first-order valence-corrected chi connectivity index (χ1v) is 8.47. The zero-order valence-corrected chi connectivity index (χ0v) is 14.0. The van der Waals surface area contributed by atoms with Gasteiger partial charge in [0.25, 0.3) is 0 Å². The minimum Gasteiger partial charge on any atom is -0.478 e. The van der Waals surface area contributed by atoms with E-state index >= 15 is 0 Å². The Morgan fingerprint density at radius 2 is 1.71 bits per heavy atom. The summed E-state index contributed by atoms with van der Waals surface area (Å²) >= 11 is 0. The van der Waals surface area contributed by atoms with Crippen molar-refractivity contribution in [1.82, 2.24) is 4.90 Å². The fourth-order valence-corrected chi connectivity index (χ4v) is 3.14. The second-order valence-electron chi connectivity index (χ2n) is 6.38. The summed E-state index contributed by atoms with van der Waals surface area (Å²) in [6, 6.07) is 15.6. The van der Waals surface area contributed by atoms with Crippen LogP contribution in [0.4, 0.5) is 0 Å². The second-order valence-corrected chi connectivity index (χ2v) is 6.38. The van der Waals surface area contributed by atoms with Crippen molar-refractivity contribution in [3.8, 4) is 0 Å². The third kappa shape index (κ3) is 3.92. The van der Waals surface area contributed by atoms with Gasteiger partial charge in [-0.15, -0.1) is 0 Å². The lowest BCUT2D eigenvalue weighted by molar-refractivity contribution is 0.0697. The van der Waals surface area contributed by atoms with Gasteiger partial charge in [0.15, 0.2) is 0 Å². The molecule has 1 aliphatic rings. The molecule has 1 N–H and O–H groups in total. The van der Waals surface area contributed by atoms with Crippen LogP contribution in [0, 0.1) is 6.92 Å². The van der Waals surface area contributed by atoms with E-state index in [1.165, 1.54) is 18.4 Å². The Labute approximate surface area is 143 Å². The summed E-state index contributed by atoms with van der Waals surface area (Å²) in [6.45, 7) is 5.27. The summed E-state index contributed by atoms with van der Waals surface area (Å²) in [5.41, 5.74) is 4.73. The molecule has 0 amide bonds. The summed E-state index contributed by atoms with van der Waals surface area (Å²) < 4.78 is 0. The van der Waals surface area contributed by atoms with E-state index < -0.39 is 5.97 Å². The Morgan fingerprint density at radius 3 is 2.38 bits per heavy atom. The quantitative estimate of drug-likeness (QED) is 0.896. The first-order valence-electron chi connectivity index (χ1n) is 8.47. The average Bonchev–Trinajstić information content (AvgIpc) is 3.10. The van der Waals surface area contributed by atoms with Crippen molar-refractivity contribution in [2.75, 3.05) is 19.6 Å². The first-order chi connectivity index (χ1) is 11.6. The Morgan fingerprint density at radius 1 is 1.04 bits per heavy atom. The number of benzene rings is 2. The lowest BCUT2D eigenvalue weighted by Crippen LogP contribution is -2.19. The number of hydrogen-bond donors (Lipinski definition) is 1. The predicted octanol–water partition coefficient (Wildman–Crippen LogP) is 4.22. The number of aromatic carboxylic acids is 1. The van der Waals surface area contributed by atoms with Gasteiger partial charge in [-0.3, -0.25) is 4.90 Å². The van der Waals surface area contributed by atoms with Gasteiger partial charge in [-0.05, 0) is 61.7 Å². The molecule has 1 fully saturated rings. The highest BCUT2D eigenvalue weighted by molar-refractivity contribution is 5.90. The highest BCUT2D eigenvalue weighted by Gasteiger charge is 2.12. The van der Waals surface area contributed by atoms with Gasteiger partial charge in [-0.1, -0.05) is 48.0 Å². The van der Waals surface area contributed by atoms with Crippen LogP contribution in [0.25, 0.3) is 5.57 Å². The Hall–Kier alpha value is -2.39. The number of rotatable bonds is 5. The van der Waals surface area contributed by atoms with Crippen LogP contribution in [0.1, 0.15) is 39.9 Å². The molecule has 3 nitrogen and oxygen atoms in total. The largest absolute Gasteiger partial charge is 0.478 e. The Bertz CT molecular complexity index is 741. The van der Waals surface area contributed by atoms with Crippen LogP contribution in [0.2, 0.25) is 0 Å². The number of aryl methyl sites for hydroxylation is 1. The number of carboxylic acid groups (broad SMARTS) is 1. The van der Waals surface area contributed by atoms with Gasteiger partial charge in [0.1, 0.15) is 0 Å². The van der Waals surface area contributed by atoms with Crippen molar-refractivity contribution >= 4 is 11.5 Å². The van der Waals surface area contributed by atoms with Crippen LogP contribution in [0.5, 0.6) is 0 Å².